The van der Waals surface area contributed by atoms with E-state index in [4.69, 9.17) is 4.74 Å². The van der Waals surface area contributed by atoms with E-state index in [0.717, 1.165) is 41.7 Å². The van der Waals surface area contributed by atoms with E-state index >= 15 is 0 Å². The number of hydrogen-bond donors (Lipinski definition) is 1. The number of aromatic nitrogens is 3. The number of fused-ring (bicyclic) bond motifs is 1. The molecule has 0 amide bonds. The predicted octanol–water partition coefficient (Wildman–Crippen LogP) is 3.30. The first-order chi connectivity index (χ1) is 13.6. The maximum atomic E-state index is 5.34. The number of methoxy groups -OCH3 is 1. The second kappa shape index (κ2) is 9.66. The Hall–Kier alpha value is -2.45. The van der Waals surface area contributed by atoms with Crippen LogP contribution in [0.2, 0.25) is 0 Å². The molecular weight excluding hydrogens is 372 g/mol. The second-order valence-corrected chi connectivity index (χ2v) is 7.55. The Kier molecular flexibility index (Phi) is 7.00. The van der Waals surface area contributed by atoms with E-state index in [0.29, 0.717) is 6.54 Å². The molecule has 0 saturated heterocycles. The highest BCUT2D eigenvalue weighted by molar-refractivity contribution is 7.09. The van der Waals surface area contributed by atoms with Crippen molar-refractivity contribution in [2.75, 3.05) is 27.7 Å². The number of aliphatic imine (C=N–C) groups is 1. The third kappa shape index (κ3) is 4.88. The lowest BCUT2D eigenvalue weighted by Crippen LogP contribution is -2.39. The summed E-state index contributed by atoms with van der Waals surface area (Å²) in [6.07, 6.45) is 2.92. The zero-order chi connectivity index (χ0) is 19.9. The van der Waals surface area contributed by atoms with E-state index in [1.54, 1.807) is 18.4 Å². The van der Waals surface area contributed by atoms with Gasteiger partial charge in [0.15, 0.2) is 5.96 Å². The highest BCUT2D eigenvalue weighted by atomic mass is 32.1. The summed E-state index contributed by atoms with van der Waals surface area (Å²) in [4.78, 5) is 15.6. The van der Waals surface area contributed by atoms with Gasteiger partial charge in [-0.25, -0.2) is 9.97 Å². The van der Waals surface area contributed by atoms with Crippen LogP contribution in [0.1, 0.15) is 30.2 Å². The molecule has 0 fully saturated rings. The number of imidazole rings is 1. The van der Waals surface area contributed by atoms with Gasteiger partial charge in [0.05, 0.1) is 29.6 Å². The molecule has 0 aliphatic rings. The summed E-state index contributed by atoms with van der Waals surface area (Å²) in [6, 6.07) is 8.21. The molecular formula is C20H28N6OS. The van der Waals surface area contributed by atoms with Gasteiger partial charge in [0.1, 0.15) is 11.1 Å². The lowest BCUT2D eigenvalue weighted by atomic mass is 10.3. The van der Waals surface area contributed by atoms with Gasteiger partial charge >= 0.3 is 0 Å². The SMILES string of the molecule is CN=C(NCCCn1cnc2ccccc21)N(C)Cc1csc(C(C)OC)n1. The normalized spacial score (nSPS) is 13.1. The van der Waals surface area contributed by atoms with Crippen LogP contribution in [0.15, 0.2) is 41.0 Å². The molecule has 0 spiro atoms. The summed E-state index contributed by atoms with van der Waals surface area (Å²) in [5.74, 6) is 0.866. The summed E-state index contributed by atoms with van der Waals surface area (Å²) in [5, 5.41) is 6.52. The van der Waals surface area contributed by atoms with Crippen molar-refractivity contribution in [2.24, 2.45) is 4.99 Å². The van der Waals surface area contributed by atoms with Gasteiger partial charge in [-0.1, -0.05) is 12.1 Å². The second-order valence-electron chi connectivity index (χ2n) is 6.67. The van der Waals surface area contributed by atoms with Gasteiger partial charge < -0.3 is 19.5 Å². The topological polar surface area (TPSA) is 67.6 Å². The van der Waals surface area contributed by atoms with Crippen LogP contribution in [0.25, 0.3) is 11.0 Å². The Balaban J connectivity index is 1.48. The third-order valence-electron chi connectivity index (χ3n) is 4.63. The molecule has 150 valence electrons. The van der Waals surface area contributed by atoms with E-state index < -0.39 is 0 Å². The van der Waals surface area contributed by atoms with Gasteiger partial charge in [0.25, 0.3) is 0 Å². The number of hydrogen-bond acceptors (Lipinski definition) is 5. The predicted molar refractivity (Wildman–Crippen MR) is 115 cm³/mol. The zero-order valence-electron chi connectivity index (χ0n) is 16.9. The summed E-state index contributed by atoms with van der Waals surface area (Å²) < 4.78 is 7.53. The van der Waals surface area contributed by atoms with Crippen LogP contribution >= 0.6 is 11.3 Å². The fourth-order valence-electron chi connectivity index (χ4n) is 3.02. The fourth-order valence-corrected chi connectivity index (χ4v) is 3.87. The summed E-state index contributed by atoms with van der Waals surface area (Å²) in [5.41, 5.74) is 3.24. The minimum absolute atomic E-state index is 0.0285. The van der Waals surface area contributed by atoms with Crippen molar-refractivity contribution in [1.29, 1.82) is 0 Å². The first-order valence-electron chi connectivity index (χ1n) is 9.41. The number of nitrogens with zero attached hydrogens (tertiary/aromatic N) is 5. The molecule has 0 radical (unpaired) electrons. The van der Waals surface area contributed by atoms with Crippen molar-refractivity contribution in [3.63, 3.8) is 0 Å². The van der Waals surface area contributed by atoms with Crippen molar-refractivity contribution in [3.8, 4) is 0 Å². The number of aryl methyl sites for hydroxylation is 1. The molecule has 7 nitrogen and oxygen atoms in total. The molecule has 1 unspecified atom stereocenters. The Morgan fingerprint density at radius 3 is 3.00 bits per heavy atom. The number of para-hydroxylation sites is 2. The van der Waals surface area contributed by atoms with Gasteiger partial charge in [0, 0.05) is 39.7 Å². The molecule has 1 N–H and O–H groups in total. The Labute approximate surface area is 170 Å². The molecule has 3 aromatic rings. The molecule has 2 aromatic heterocycles. The van der Waals surface area contributed by atoms with E-state index in [2.05, 4.69) is 41.2 Å². The molecule has 1 atom stereocenters. The minimum atomic E-state index is 0.0285. The summed E-state index contributed by atoms with van der Waals surface area (Å²) >= 11 is 1.63. The van der Waals surface area contributed by atoms with E-state index in [1.165, 1.54) is 5.52 Å². The minimum Gasteiger partial charge on any atom is -0.375 e. The highest BCUT2D eigenvalue weighted by Gasteiger charge is 2.12. The van der Waals surface area contributed by atoms with Gasteiger partial charge in [-0.15, -0.1) is 11.3 Å². The first kappa shape index (κ1) is 20.3. The average Bonchev–Trinajstić information content (AvgIpc) is 3.34. The number of guanidine groups is 1. The van der Waals surface area contributed by atoms with Crippen LogP contribution in [-0.4, -0.2) is 53.1 Å². The molecule has 3 rings (SSSR count). The molecule has 1 aromatic carbocycles. The van der Waals surface area contributed by atoms with Gasteiger partial charge in [-0.2, -0.15) is 0 Å². The van der Waals surface area contributed by atoms with Crippen LogP contribution in [0.5, 0.6) is 0 Å². The van der Waals surface area contributed by atoms with Crippen molar-refractivity contribution >= 4 is 28.3 Å². The molecule has 0 aliphatic heterocycles. The molecule has 8 heteroatoms. The van der Waals surface area contributed by atoms with Crippen LogP contribution in [-0.2, 0) is 17.8 Å². The highest BCUT2D eigenvalue weighted by Crippen LogP contribution is 2.20. The monoisotopic (exact) mass is 400 g/mol. The maximum absolute atomic E-state index is 5.34. The zero-order valence-corrected chi connectivity index (χ0v) is 17.7. The van der Waals surface area contributed by atoms with Crippen molar-refractivity contribution < 1.29 is 4.74 Å². The Bertz CT molecular complexity index is 918. The van der Waals surface area contributed by atoms with Crippen molar-refractivity contribution in [1.82, 2.24) is 24.8 Å². The van der Waals surface area contributed by atoms with E-state index in [-0.39, 0.29) is 6.10 Å². The fraction of sp³-hybridized carbons (Fsp3) is 0.450. The largest absolute Gasteiger partial charge is 0.375 e. The maximum Gasteiger partial charge on any atom is 0.193 e. The smallest absolute Gasteiger partial charge is 0.193 e. The number of nitrogens with one attached hydrogen (secondary N) is 1. The van der Waals surface area contributed by atoms with Crippen LogP contribution < -0.4 is 5.32 Å². The van der Waals surface area contributed by atoms with Crippen LogP contribution in [0, 0.1) is 0 Å². The Morgan fingerprint density at radius 2 is 2.21 bits per heavy atom. The first-order valence-corrected chi connectivity index (χ1v) is 10.3. The number of rotatable bonds is 8. The molecule has 0 saturated carbocycles. The molecule has 2 heterocycles. The van der Waals surface area contributed by atoms with Crippen molar-refractivity contribution in [3.05, 3.63) is 46.7 Å². The van der Waals surface area contributed by atoms with Gasteiger partial charge in [-0.3, -0.25) is 4.99 Å². The molecule has 28 heavy (non-hydrogen) atoms. The standard InChI is InChI=1S/C20H28N6OS/c1-15(27-4)19-24-16(13-28-19)12-25(3)20(21-2)22-10-7-11-26-14-23-17-8-5-6-9-18(17)26/h5-6,8-9,13-15H,7,10-12H2,1-4H3,(H,21,22). The molecule has 0 bridgehead atoms. The Morgan fingerprint density at radius 1 is 1.39 bits per heavy atom. The van der Waals surface area contributed by atoms with Crippen LogP contribution in [0.4, 0.5) is 0 Å². The van der Waals surface area contributed by atoms with Gasteiger partial charge in [-0.05, 0) is 25.5 Å². The van der Waals surface area contributed by atoms with E-state index in [1.807, 2.05) is 45.5 Å². The third-order valence-corrected chi connectivity index (χ3v) is 5.68. The van der Waals surface area contributed by atoms with E-state index in [9.17, 15) is 0 Å². The number of thiazole rings is 1. The summed E-state index contributed by atoms with van der Waals surface area (Å²) in [7, 11) is 5.54. The van der Waals surface area contributed by atoms with Crippen molar-refractivity contribution in [2.45, 2.75) is 32.5 Å². The summed E-state index contributed by atoms with van der Waals surface area (Å²) in [6.45, 7) is 4.47. The number of ether oxygens (including phenoxy) is 1. The lowest BCUT2D eigenvalue weighted by Gasteiger charge is -2.21. The quantitative estimate of drug-likeness (QED) is 0.357. The lowest BCUT2D eigenvalue weighted by molar-refractivity contribution is 0.119. The molecule has 0 aliphatic carbocycles. The average molecular weight is 401 g/mol. The van der Waals surface area contributed by atoms with Crippen LogP contribution in [0.3, 0.4) is 0 Å². The van der Waals surface area contributed by atoms with Gasteiger partial charge in [0.2, 0.25) is 0 Å². The number of benzene rings is 1.